The minimum atomic E-state index is -0.317. The molecule has 0 radical (unpaired) electrons. The van der Waals surface area contributed by atoms with E-state index in [1.54, 1.807) is 0 Å². The summed E-state index contributed by atoms with van der Waals surface area (Å²) in [5, 5.41) is 9.51. The molecule has 3 N–H and O–H groups in total. The van der Waals surface area contributed by atoms with Gasteiger partial charge in [-0.1, -0.05) is 12.1 Å². The molecule has 0 saturated carbocycles. The summed E-state index contributed by atoms with van der Waals surface area (Å²) < 4.78 is 1.91. The van der Waals surface area contributed by atoms with Crippen molar-refractivity contribution < 1.29 is 4.79 Å². The van der Waals surface area contributed by atoms with Crippen LogP contribution in [0.2, 0.25) is 0 Å². The number of aromatic amines is 1. The monoisotopic (exact) mass is 401 g/mol. The third-order valence-electron chi connectivity index (χ3n) is 6.20. The molecule has 0 spiro atoms. The van der Waals surface area contributed by atoms with Crippen LogP contribution in [0, 0.1) is 5.92 Å². The number of hydrogen-bond donors (Lipinski definition) is 2. The number of amides is 1. The Morgan fingerprint density at radius 3 is 2.90 bits per heavy atom. The van der Waals surface area contributed by atoms with Crippen LogP contribution in [0.4, 0.5) is 0 Å². The van der Waals surface area contributed by atoms with E-state index in [4.69, 9.17) is 5.73 Å². The minimum absolute atomic E-state index is 0.223. The van der Waals surface area contributed by atoms with Crippen molar-refractivity contribution in [2.24, 2.45) is 11.7 Å². The van der Waals surface area contributed by atoms with Crippen LogP contribution in [0.25, 0.3) is 21.8 Å². The quantitative estimate of drug-likeness (QED) is 0.519. The lowest BCUT2D eigenvalue weighted by Crippen LogP contribution is -2.35. The van der Waals surface area contributed by atoms with Gasteiger partial charge in [0.2, 0.25) is 5.91 Å². The van der Waals surface area contributed by atoms with E-state index in [1.165, 1.54) is 29.4 Å². The molecule has 5 rings (SSSR count). The maximum atomic E-state index is 11.2. The van der Waals surface area contributed by atoms with E-state index in [9.17, 15) is 4.79 Å². The minimum Gasteiger partial charge on any atom is -0.368 e. The highest BCUT2D eigenvalue weighted by Crippen LogP contribution is 2.25. The van der Waals surface area contributed by atoms with Crippen LogP contribution in [0.3, 0.4) is 0 Å². The molecule has 30 heavy (non-hydrogen) atoms. The van der Waals surface area contributed by atoms with Crippen molar-refractivity contribution in [3.63, 3.8) is 0 Å². The fourth-order valence-electron chi connectivity index (χ4n) is 4.83. The predicted molar refractivity (Wildman–Crippen MR) is 119 cm³/mol. The van der Waals surface area contributed by atoms with Gasteiger partial charge in [-0.25, -0.2) is 0 Å². The van der Waals surface area contributed by atoms with Crippen molar-refractivity contribution in [1.29, 1.82) is 0 Å². The number of carbonyl (C=O) groups is 1. The summed E-state index contributed by atoms with van der Waals surface area (Å²) in [6, 6.07) is 15.2. The molecular formula is C24H27N5O. The molecule has 0 unspecified atom stereocenters. The molecule has 1 amide bonds. The molecular weight excluding hydrogens is 374 g/mol. The molecule has 1 aliphatic rings. The van der Waals surface area contributed by atoms with Crippen LogP contribution in [-0.2, 0) is 24.3 Å². The van der Waals surface area contributed by atoms with Gasteiger partial charge in [0, 0.05) is 30.2 Å². The topological polar surface area (TPSA) is 79.9 Å². The highest BCUT2D eigenvalue weighted by Gasteiger charge is 2.20. The van der Waals surface area contributed by atoms with Gasteiger partial charge in [-0.05, 0) is 78.6 Å². The first-order valence-corrected chi connectivity index (χ1v) is 10.6. The Labute approximate surface area is 175 Å². The molecule has 1 aliphatic heterocycles. The van der Waals surface area contributed by atoms with Crippen molar-refractivity contribution in [2.75, 3.05) is 13.1 Å². The first kappa shape index (κ1) is 18.9. The second kappa shape index (κ2) is 7.95. The number of nitrogens with zero attached hydrogens (tertiary/aromatic N) is 3. The fourth-order valence-corrected chi connectivity index (χ4v) is 4.83. The number of hydrogen-bond acceptors (Lipinski definition) is 3. The molecule has 4 aromatic rings. The molecule has 0 bridgehead atoms. The largest absolute Gasteiger partial charge is 0.368 e. The molecule has 6 heteroatoms. The van der Waals surface area contributed by atoms with E-state index in [0.717, 1.165) is 42.5 Å². The number of rotatable bonds is 6. The zero-order chi connectivity index (χ0) is 20.5. The lowest BCUT2D eigenvalue weighted by atomic mass is 9.90. The third kappa shape index (κ3) is 3.96. The van der Waals surface area contributed by atoms with Crippen LogP contribution in [0.5, 0.6) is 0 Å². The number of fused-ring (bicyclic) bond motifs is 2. The Hall–Kier alpha value is -3.12. The van der Waals surface area contributed by atoms with Crippen molar-refractivity contribution in [3.8, 4) is 0 Å². The molecule has 3 heterocycles. The molecule has 6 nitrogen and oxygen atoms in total. The van der Waals surface area contributed by atoms with Crippen molar-refractivity contribution in [1.82, 2.24) is 19.7 Å². The van der Waals surface area contributed by atoms with E-state index in [2.05, 4.69) is 57.6 Å². The number of benzene rings is 2. The second-order valence-electron chi connectivity index (χ2n) is 8.54. The number of H-pyrrole nitrogens is 1. The van der Waals surface area contributed by atoms with Crippen LogP contribution >= 0.6 is 0 Å². The van der Waals surface area contributed by atoms with Crippen LogP contribution in [0.15, 0.2) is 54.9 Å². The van der Waals surface area contributed by atoms with Gasteiger partial charge >= 0.3 is 0 Å². The van der Waals surface area contributed by atoms with Crippen LogP contribution in [0.1, 0.15) is 24.0 Å². The lowest BCUT2D eigenvalue weighted by molar-refractivity contribution is -0.118. The summed E-state index contributed by atoms with van der Waals surface area (Å²) in [6.45, 7) is 3.47. The van der Waals surface area contributed by atoms with Gasteiger partial charge in [0.1, 0.15) is 6.54 Å². The summed E-state index contributed by atoms with van der Waals surface area (Å²) in [4.78, 5) is 13.8. The summed E-state index contributed by atoms with van der Waals surface area (Å²) >= 11 is 0. The maximum absolute atomic E-state index is 11.2. The normalized spacial score (nSPS) is 17.7. The van der Waals surface area contributed by atoms with Gasteiger partial charge in [0.05, 0.1) is 11.7 Å². The molecule has 1 saturated heterocycles. The summed E-state index contributed by atoms with van der Waals surface area (Å²) in [5.41, 5.74) is 10.2. The number of likely N-dealkylation sites (tertiary alicyclic amines) is 1. The van der Waals surface area contributed by atoms with E-state index in [1.807, 2.05) is 17.0 Å². The number of primary amides is 1. The van der Waals surface area contributed by atoms with E-state index >= 15 is 0 Å². The molecule has 2 aromatic heterocycles. The average molecular weight is 402 g/mol. The van der Waals surface area contributed by atoms with E-state index in [0.29, 0.717) is 5.92 Å². The zero-order valence-electron chi connectivity index (χ0n) is 17.1. The highest BCUT2D eigenvalue weighted by molar-refractivity contribution is 5.83. The first-order chi connectivity index (χ1) is 14.6. The predicted octanol–water partition coefficient (Wildman–Crippen LogP) is 3.46. The Bertz CT molecular complexity index is 1190. The van der Waals surface area contributed by atoms with Gasteiger partial charge < -0.3 is 10.3 Å². The Kier molecular flexibility index (Phi) is 5.01. The fraction of sp³-hybridized carbons (Fsp3) is 0.333. The average Bonchev–Trinajstić information content (AvgIpc) is 3.34. The van der Waals surface area contributed by atoms with E-state index in [-0.39, 0.29) is 12.5 Å². The third-order valence-corrected chi connectivity index (χ3v) is 6.20. The SMILES string of the molecule is NC(=O)Cn1ccc2cc(CN3CCC[C@@H](Cc4ccc5[nH]ncc5c4)C3)ccc21. The van der Waals surface area contributed by atoms with Crippen molar-refractivity contribution >= 4 is 27.7 Å². The van der Waals surface area contributed by atoms with Gasteiger partial charge in [0.15, 0.2) is 0 Å². The Morgan fingerprint density at radius 1 is 1.13 bits per heavy atom. The first-order valence-electron chi connectivity index (χ1n) is 10.6. The van der Waals surface area contributed by atoms with Gasteiger partial charge in [0.25, 0.3) is 0 Å². The van der Waals surface area contributed by atoms with Gasteiger partial charge in [-0.3, -0.25) is 14.8 Å². The zero-order valence-corrected chi connectivity index (χ0v) is 17.1. The van der Waals surface area contributed by atoms with Gasteiger partial charge in [-0.2, -0.15) is 5.10 Å². The van der Waals surface area contributed by atoms with Crippen LogP contribution < -0.4 is 5.73 Å². The van der Waals surface area contributed by atoms with Crippen LogP contribution in [-0.4, -0.2) is 38.7 Å². The number of aromatic nitrogens is 3. The number of nitrogens with one attached hydrogen (secondary N) is 1. The summed E-state index contributed by atoms with van der Waals surface area (Å²) in [7, 11) is 0. The molecule has 1 fully saturated rings. The second-order valence-corrected chi connectivity index (χ2v) is 8.54. The van der Waals surface area contributed by atoms with Crippen molar-refractivity contribution in [2.45, 2.75) is 32.4 Å². The highest BCUT2D eigenvalue weighted by atomic mass is 16.1. The molecule has 1 atom stereocenters. The number of carbonyl (C=O) groups excluding carboxylic acids is 1. The number of piperidine rings is 1. The smallest absolute Gasteiger partial charge is 0.237 e. The standard InChI is InChI=1S/C24H27N5O/c25-24(30)16-29-9-7-20-12-19(4-6-23(20)29)15-28-8-1-2-18(14-28)10-17-3-5-22-21(11-17)13-26-27-22/h3-7,9,11-13,18H,1-2,8,10,14-16H2,(H2,25,30)(H,26,27)/t18-/m0/s1. The van der Waals surface area contributed by atoms with Crippen molar-refractivity contribution in [3.05, 3.63) is 66.0 Å². The molecule has 2 aromatic carbocycles. The Morgan fingerprint density at radius 2 is 2.00 bits per heavy atom. The van der Waals surface area contributed by atoms with E-state index < -0.39 is 0 Å². The summed E-state index contributed by atoms with van der Waals surface area (Å²) in [6.07, 6.45) is 7.49. The Balaban J connectivity index is 1.25. The molecule has 154 valence electrons. The number of nitrogens with two attached hydrogens (primary N) is 1. The summed E-state index contributed by atoms with van der Waals surface area (Å²) in [5.74, 6) is 0.367. The lowest BCUT2D eigenvalue weighted by Gasteiger charge is -2.33. The molecule has 0 aliphatic carbocycles. The van der Waals surface area contributed by atoms with Gasteiger partial charge in [-0.15, -0.1) is 0 Å². The maximum Gasteiger partial charge on any atom is 0.237 e.